The van der Waals surface area contributed by atoms with Crippen LogP contribution in [0.3, 0.4) is 0 Å². The molecule has 0 spiro atoms. The number of aromatic nitrogens is 2. The third-order valence-corrected chi connectivity index (χ3v) is 5.26. The second kappa shape index (κ2) is 8.14. The van der Waals surface area contributed by atoms with Crippen LogP contribution in [0, 0.1) is 17.0 Å². The van der Waals surface area contributed by atoms with Crippen molar-refractivity contribution < 1.29 is 18.4 Å². The molecule has 0 bridgehead atoms. The maximum absolute atomic E-state index is 14.5. The quantitative estimate of drug-likeness (QED) is 0.796. The SMILES string of the molecule is CNC(=O)[C@@H](NC(=O)c1nc(-c2cccc(F)c2F)n2c1CN(C)CC2)C(C)(C)C. The minimum Gasteiger partial charge on any atom is -0.357 e. The van der Waals surface area contributed by atoms with Gasteiger partial charge in [-0.3, -0.25) is 14.5 Å². The molecule has 0 fully saturated rings. The minimum atomic E-state index is -1.01. The smallest absolute Gasteiger partial charge is 0.272 e. The molecule has 1 aromatic heterocycles. The molecule has 1 aromatic carbocycles. The first-order valence-corrected chi connectivity index (χ1v) is 9.79. The van der Waals surface area contributed by atoms with Crippen LogP contribution in [0.2, 0.25) is 0 Å². The number of nitrogens with zero attached hydrogens (tertiary/aromatic N) is 3. The van der Waals surface area contributed by atoms with Gasteiger partial charge in [0.2, 0.25) is 5.91 Å². The molecule has 0 saturated carbocycles. The van der Waals surface area contributed by atoms with Gasteiger partial charge in [0.05, 0.1) is 11.3 Å². The Labute approximate surface area is 174 Å². The highest BCUT2D eigenvalue weighted by molar-refractivity contribution is 5.97. The Balaban J connectivity index is 2.07. The van der Waals surface area contributed by atoms with Crippen molar-refractivity contribution in [2.45, 2.75) is 39.9 Å². The van der Waals surface area contributed by atoms with E-state index in [0.717, 1.165) is 6.07 Å². The van der Waals surface area contributed by atoms with Gasteiger partial charge in [-0.2, -0.15) is 0 Å². The van der Waals surface area contributed by atoms with Crippen molar-refractivity contribution in [2.24, 2.45) is 5.41 Å². The molecule has 2 amide bonds. The number of hydrogen-bond acceptors (Lipinski definition) is 4. The van der Waals surface area contributed by atoms with E-state index < -0.39 is 29.0 Å². The molecule has 2 N–H and O–H groups in total. The van der Waals surface area contributed by atoms with Crippen molar-refractivity contribution in [1.82, 2.24) is 25.1 Å². The summed E-state index contributed by atoms with van der Waals surface area (Å²) in [4.78, 5) is 31.9. The van der Waals surface area contributed by atoms with E-state index >= 15 is 0 Å². The summed E-state index contributed by atoms with van der Waals surface area (Å²) in [6.07, 6.45) is 0. The van der Waals surface area contributed by atoms with Crippen molar-refractivity contribution in [1.29, 1.82) is 0 Å². The van der Waals surface area contributed by atoms with Crippen LogP contribution in [-0.2, 0) is 17.9 Å². The first-order valence-electron chi connectivity index (χ1n) is 9.79. The predicted molar refractivity (Wildman–Crippen MR) is 109 cm³/mol. The van der Waals surface area contributed by atoms with Crippen molar-refractivity contribution in [3.63, 3.8) is 0 Å². The number of carbonyl (C=O) groups is 2. The fourth-order valence-corrected chi connectivity index (χ4v) is 3.58. The Kier molecular flexibility index (Phi) is 5.94. The second-order valence-corrected chi connectivity index (χ2v) is 8.61. The van der Waals surface area contributed by atoms with Crippen LogP contribution in [0.4, 0.5) is 8.78 Å². The first kappa shape index (κ1) is 21.9. The topological polar surface area (TPSA) is 79.3 Å². The normalized spacial score (nSPS) is 15.4. The van der Waals surface area contributed by atoms with Crippen LogP contribution in [0.5, 0.6) is 0 Å². The third kappa shape index (κ3) is 4.07. The van der Waals surface area contributed by atoms with Gasteiger partial charge < -0.3 is 15.2 Å². The summed E-state index contributed by atoms with van der Waals surface area (Å²) < 4.78 is 30.0. The Morgan fingerprint density at radius 3 is 2.53 bits per heavy atom. The highest BCUT2D eigenvalue weighted by atomic mass is 19.2. The number of halogens is 2. The van der Waals surface area contributed by atoms with Crippen LogP contribution in [0.25, 0.3) is 11.4 Å². The number of carbonyl (C=O) groups excluding carboxylic acids is 2. The van der Waals surface area contributed by atoms with E-state index in [9.17, 15) is 18.4 Å². The van der Waals surface area contributed by atoms with Crippen LogP contribution >= 0.6 is 0 Å². The molecule has 0 unspecified atom stereocenters. The number of fused-ring (bicyclic) bond motifs is 1. The minimum absolute atomic E-state index is 0.00137. The highest BCUT2D eigenvalue weighted by Crippen LogP contribution is 2.29. The van der Waals surface area contributed by atoms with Gasteiger partial charge >= 0.3 is 0 Å². The van der Waals surface area contributed by atoms with Gasteiger partial charge in [0.15, 0.2) is 17.3 Å². The molecule has 0 aliphatic carbocycles. The molecular weight excluding hydrogens is 392 g/mol. The standard InChI is InChI=1S/C21H27F2N5O2/c1-21(2,3)17(20(30)24-4)26-19(29)16-14-11-27(5)9-10-28(14)18(25-16)12-7-6-8-13(22)15(12)23/h6-8,17H,9-11H2,1-5H3,(H,24,30)(H,26,29)/t17-/m1/s1. The Morgan fingerprint density at radius 2 is 1.90 bits per heavy atom. The van der Waals surface area contributed by atoms with Gasteiger partial charge in [-0.05, 0) is 24.6 Å². The molecule has 1 atom stereocenters. The predicted octanol–water partition coefficient (Wildman–Crippen LogP) is 2.16. The van der Waals surface area contributed by atoms with E-state index in [1.54, 1.807) is 4.57 Å². The van der Waals surface area contributed by atoms with E-state index in [1.165, 1.54) is 19.2 Å². The van der Waals surface area contributed by atoms with Crippen molar-refractivity contribution in [3.05, 3.63) is 41.2 Å². The number of hydrogen-bond donors (Lipinski definition) is 2. The third-order valence-electron chi connectivity index (χ3n) is 5.26. The molecule has 2 heterocycles. The summed E-state index contributed by atoms with van der Waals surface area (Å²) in [6.45, 7) is 7.12. The number of likely N-dealkylation sites (N-methyl/N-ethyl adjacent to an activating group) is 2. The van der Waals surface area contributed by atoms with Gasteiger partial charge in [0, 0.05) is 26.7 Å². The monoisotopic (exact) mass is 419 g/mol. The van der Waals surface area contributed by atoms with Gasteiger partial charge in [-0.15, -0.1) is 0 Å². The average Bonchev–Trinajstić information content (AvgIpc) is 3.05. The van der Waals surface area contributed by atoms with Gasteiger partial charge in [-0.25, -0.2) is 13.8 Å². The maximum atomic E-state index is 14.5. The molecule has 2 aromatic rings. The zero-order valence-corrected chi connectivity index (χ0v) is 17.8. The number of imidazole rings is 1. The van der Waals surface area contributed by atoms with E-state index in [0.29, 0.717) is 25.3 Å². The van der Waals surface area contributed by atoms with Crippen LogP contribution in [-0.4, -0.2) is 52.9 Å². The number of benzene rings is 1. The molecule has 1 aliphatic rings. The Morgan fingerprint density at radius 1 is 1.20 bits per heavy atom. The number of nitrogens with one attached hydrogen (secondary N) is 2. The Bertz CT molecular complexity index is 981. The van der Waals surface area contributed by atoms with E-state index in [4.69, 9.17) is 0 Å². The molecular formula is C21H27F2N5O2. The van der Waals surface area contributed by atoms with E-state index in [1.807, 2.05) is 32.7 Å². The highest BCUT2D eigenvalue weighted by Gasteiger charge is 2.35. The molecule has 7 nitrogen and oxygen atoms in total. The summed E-state index contributed by atoms with van der Waals surface area (Å²) >= 11 is 0. The van der Waals surface area contributed by atoms with Crippen LogP contribution < -0.4 is 10.6 Å². The van der Waals surface area contributed by atoms with E-state index in [2.05, 4.69) is 15.6 Å². The zero-order valence-electron chi connectivity index (χ0n) is 17.8. The van der Waals surface area contributed by atoms with Gasteiger partial charge in [0.1, 0.15) is 11.9 Å². The first-order chi connectivity index (χ1) is 14.0. The fourth-order valence-electron chi connectivity index (χ4n) is 3.58. The summed E-state index contributed by atoms with van der Waals surface area (Å²) in [7, 11) is 3.41. The molecule has 0 radical (unpaired) electrons. The van der Waals surface area contributed by atoms with Crippen LogP contribution in [0.15, 0.2) is 18.2 Å². The van der Waals surface area contributed by atoms with Crippen molar-refractivity contribution >= 4 is 11.8 Å². The molecule has 30 heavy (non-hydrogen) atoms. The summed E-state index contributed by atoms with van der Waals surface area (Å²) in [6, 6.07) is 3.10. The molecule has 0 saturated heterocycles. The van der Waals surface area contributed by atoms with Gasteiger partial charge in [0.25, 0.3) is 5.91 Å². The lowest BCUT2D eigenvalue weighted by atomic mass is 9.86. The van der Waals surface area contributed by atoms with Crippen LogP contribution in [0.1, 0.15) is 37.0 Å². The number of rotatable bonds is 4. The summed E-state index contributed by atoms with van der Waals surface area (Å²) in [5.41, 5.74) is 0.172. The molecule has 3 rings (SSSR count). The number of amides is 2. The lowest BCUT2D eigenvalue weighted by Crippen LogP contribution is -2.53. The molecule has 1 aliphatic heterocycles. The average molecular weight is 419 g/mol. The van der Waals surface area contributed by atoms with Gasteiger partial charge in [-0.1, -0.05) is 26.8 Å². The second-order valence-electron chi connectivity index (χ2n) is 8.61. The van der Waals surface area contributed by atoms with E-state index in [-0.39, 0.29) is 23.0 Å². The summed E-state index contributed by atoms with van der Waals surface area (Å²) in [5, 5.41) is 5.33. The van der Waals surface area contributed by atoms with Crippen molar-refractivity contribution in [2.75, 3.05) is 20.6 Å². The zero-order chi connectivity index (χ0) is 22.2. The summed E-state index contributed by atoms with van der Waals surface area (Å²) in [5.74, 6) is -2.63. The largest absolute Gasteiger partial charge is 0.357 e. The lowest BCUT2D eigenvalue weighted by Gasteiger charge is -2.30. The molecule has 162 valence electrons. The molecule has 9 heteroatoms. The lowest BCUT2D eigenvalue weighted by molar-refractivity contribution is -0.124. The Hall–Kier alpha value is -2.81. The fraction of sp³-hybridized carbons (Fsp3) is 0.476. The van der Waals surface area contributed by atoms with Crippen molar-refractivity contribution in [3.8, 4) is 11.4 Å². The maximum Gasteiger partial charge on any atom is 0.272 e.